The van der Waals surface area contributed by atoms with Gasteiger partial charge in [0.25, 0.3) is 0 Å². The quantitative estimate of drug-likeness (QED) is 0.383. The fourth-order valence-corrected chi connectivity index (χ4v) is 1.33. The van der Waals surface area contributed by atoms with E-state index in [1.54, 1.807) is 0 Å². The summed E-state index contributed by atoms with van der Waals surface area (Å²) in [5.74, 6) is -0.298. The average Bonchev–Trinajstić information content (AvgIpc) is 2.28. The van der Waals surface area contributed by atoms with Crippen LogP contribution in [0, 0.1) is 4.91 Å². The fraction of sp³-hybridized carbons (Fsp3) is 0.0833. The molecule has 88 valence electrons. The van der Waals surface area contributed by atoms with E-state index in [4.69, 9.17) is 11.6 Å². The SMILES string of the molecule is CC(=O)/C=C/C=C(\O)c1ccc(Cl)cc1N=O. The topological polar surface area (TPSA) is 66.7 Å². The first-order chi connectivity index (χ1) is 8.04. The number of carbonyl (C=O) groups is 1. The lowest BCUT2D eigenvalue weighted by Crippen LogP contribution is -1.84. The van der Waals surface area contributed by atoms with Gasteiger partial charge in [0.15, 0.2) is 5.78 Å². The van der Waals surface area contributed by atoms with Crippen LogP contribution in [-0.2, 0) is 4.79 Å². The van der Waals surface area contributed by atoms with E-state index >= 15 is 0 Å². The zero-order valence-corrected chi connectivity index (χ0v) is 9.81. The molecule has 1 aromatic rings. The third-order valence-electron chi connectivity index (χ3n) is 1.92. The predicted molar refractivity (Wildman–Crippen MR) is 67.3 cm³/mol. The van der Waals surface area contributed by atoms with Crippen molar-refractivity contribution in [1.82, 2.24) is 0 Å². The zero-order chi connectivity index (χ0) is 12.8. The maximum Gasteiger partial charge on any atom is 0.152 e. The van der Waals surface area contributed by atoms with E-state index in [0.29, 0.717) is 5.02 Å². The molecule has 0 fully saturated rings. The zero-order valence-electron chi connectivity index (χ0n) is 9.05. The van der Waals surface area contributed by atoms with Gasteiger partial charge in [-0.3, -0.25) is 4.79 Å². The predicted octanol–water partition coefficient (Wildman–Crippen LogP) is 3.78. The van der Waals surface area contributed by atoms with E-state index in [2.05, 4.69) is 5.18 Å². The summed E-state index contributed by atoms with van der Waals surface area (Å²) in [6.45, 7) is 1.39. The number of nitroso groups, excluding NO2 is 1. The number of benzene rings is 1. The molecule has 0 aliphatic carbocycles. The van der Waals surface area contributed by atoms with Crippen LogP contribution in [0.1, 0.15) is 12.5 Å². The van der Waals surface area contributed by atoms with Crippen molar-refractivity contribution in [3.8, 4) is 0 Å². The molecule has 0 spiro atoms. The van der Waals surface area contributed by atoms with Crippen LogP contribution in [0.4, 0.5) is 5.69 Å². The highest BCUT2D eigenvalue weighted by Gasteiger charge is 2.07. The molecule has 0 heterocycles. The van der Waals surface area contributed by atoms with Crippen LogP contribution in [0.3, 0.4) is 0 Å². The van der Waals surface area contributed by atoms with Gasteiger partial charge in [0.05, 0.1) is 0 Å². The van der Waals surface area contributed by atoms with Crippen molar-refractivity contribution in [2.24, 2.45) is 5.18 Å². The Morgan fingerprint density at radius 1 is 1.47 bits per heavy atom. The molecule has 1 aromatic carbocycles. The van der Waals surface area contributed by atoms with Crippen molar-refractivity contribution >= 4 is 28.8 Å². The second kappa shape index (κ2) is 5.96. The Morgan fingerprint density at radius 2 is 2.18 bits per heavy atom. The molecule has 0 radical (unpaired) electrons. The number of hydrogen-bond donors (Lipinski definition) is 1. The molecular weight excluding hydrogens is 242 g/mol. The first-order valence-electron chi connectivity index (χ1n) is 4.75. The van der Waals surface area contributed by atoms with Gasteiger partial charge in [-0.15, -0.1) is 4.91 Å². The number of aliphatic hydroxyl groups excluding tert-OH is 1. The van der Waals surface area contributed by atoms with E-state index in [1.807, 2.05) is 0 Å². The van der Waals surface area contributed by atoms with Gasteiger partial charge >= 0.3 is 0 Å². The van der Waals surface area contributed by atoms with E-state index in [1.165, 1.54) is 43.4 Å². The van der Waals surface area contributed by atoms with E-state index < -0.39 is 0 Å². The Kier molecular flexibility index (Phi) is 4.60. The monoisotopic (exact) mass is 251 g/mol. The van der Waals surface area contributed by atoms with Gasteiger partial charge in [0.1, 0.15) is 11.4 Å². The van der Waals surface area contributed by atoms with Crippen molar-refractivity contribution in [3.63, 3.8) is 0 Å². The lowest BCUT2D eigenvalue weighted by atomic mass is 10.1. The van der Waals surface area contributed by atoms with Gasteiger partial charge in [-0.25, -0.2) is 0 Å². The molecule has 0 amide bonds. The Hall–Kier alpha value is -1.94. The van der Waals surface area contributed by atoms with Crippen LogP contribution in [0.2, 0.25) is 5.02 Å². The van der Waals surface area contributed by atoms with Gasteiger partial charge in [-0.1, -0.05) is 17.7 Å². The number of allylic oxidation sites excluding steroid dienone is 3. The van der Waals surface area contributed by atoms with Crippen LogP contribution in [0.25, 0.3) is 5.76 Å². The lowest BCUT2D eigenvalue weighted by Gasteiger charge is -2.02. The van der Waals surface area contributed by atoms with Crippen molar-refractivity contribution in [3.05, 3.63) is 51.9 Å². The third-order valence-corrected chi connectivity index (χ3v) is 2.15. The van der Waals surface area contributed by atoms with Gasteiger partial charge in [-0.2, -0.15) is 0 Å². The molecule has 0 saturated heterocycles. The van der Waals surface area contributed by atoms with Crippen LogP contribution in [0.5, 0.6) is 0 Å². The number of halogens is 1. The number of rotatable bonds is 4. The minimum absolute atomic E-state index is 0.0440. The normalized spacial score (nSPS) is 11.8. The molecule has 0 unspecified atom stereocenters. The maximum atomic E-state index is 10.6. The van der Waals surface area contributed by atoms with Crippen LogP contribution < -0.4 is 0 Å². The Morgan fingerprint density at radius 3 is 2.76 bits per heavy atom. The Bertz CT molecular complexity index is 506. The first kappa shape index (κ1) is 13.1. The van der Waals surface area contributed by atoms with Crippen molar-refractivity contribution in [2.45, 2.75) is 6.92 Å². The first-order valence-corrected chi connectivity index (χ1v) is 5.13. The van der Waals surface area contributed by atoms with E-state index in [0.717, 1.165) is 0 Å². The Labute approximate surface area is 103 Å². The number of aliphatic hydroxyl groups is 1. The van der Waals surface area contributed by atoms with Crippen molar-refractivity contribution < 1.29 is 9.90 Å². The van der Waals surface area contributed by atoms with E-state index in [-0.39, 0.29) is 22.8 Å². The van der Waals surface area contributed by atoms with Gasteiger partial charge < -0.3 is 5.11 Å². The molecule has 0 aromatic heterocycles. The summed E-state index contributed by atoms with van der Waals surface area (Å²) in [6.07, 6.45) is 3.99. The molecule has 5 heteroatoms. The summed E-state index contributed by atoms with van der Waals surface area (Å²) in [4.78, 5) is 21.2. The van der Waals surface area contributed by atoms with Gasteiger partial charge in [-0.05, 0) is 42.5 Å². The molecule has 1 rings (SSSR count). The van der Waals surface area contributed by atoms with Gasteiger partial charge in [0, 0.05) is 10.6 Å². The fourth-order valence-electron chi connectivity index (χ4n) is 1.16. The highest BCUT2D eigenvalue weighted by molar-refractivity contribution is 6.30. The molecule has 4 nitrogen and oxygen atoms in total. The molecule has 0 aliphatic rings. The smallest absolute Gasteiger partial charge is 0.152 e. The standard InChI is InChI=1S/C12H10ClNO3/c1-8(15)3-2-4-12(16)10-6-5-9(13)7-11(10)14-17/h2-7,16H,1H3/b3-2+,12-4-. The van der Waals surface area contributed by atoms with Crippen LogP contribution >= 0.6 is 11.6 Å². The Balaban J connectivity index is 3.07. The molecule has 1 N–H and O–H groups in total. The third kappa shape index (κ3) is 3.85. The number of ketones is 1. The summed E-state index contributed by atoms with van der Waals surface area (Å²) in [6, 6.07) is 4.36. The highest BCUT2D eigenvalue weighted by Crippen LogP contribution is 2.28. The number of carbonyl (C=O) groups excluding carboxylic acids is 1. The summed E-state index contributed by atoms with van der Waals surface area (Å²) in [5.41, 5.74) is 0.306. The second-order valence-corrected chi connectivity index (χ2v) is 3.71. The molecule has 0 bridgehead atoms. The summed E-state index contributed by atoms with van der Waals surface area (Å²) >= 11 is 5.69. The molecule has 0 atom stereocenters. The molecule has 0 aliphatic heterocycles. The highest BCUT2D eigenvalue weighted by atomic mass is 35.5. The summed E-state index contributed by atoms with van der Waals surface area (Å²) in [7, 11) is 0. The van der Waals surface area contributed by atoms with Crippen LogP contribution in [-0.4, -0.2) is 10.9 Å². The number of hydrogen-bond acceptors (Lipinski definition) is 4. The summed E-state index contributed by atoms with van der Waals surface area (Å²) < 4.78 is 0. The minimum atomic E-state index is -0.159. The molecular formula is C12H10ClNO3. The number of nitrogens with zero attached hydrogens (tertiary/aromatic N) is 1. The van der Waals surface area contributed by atoms with Crippen molar-refractivity contribution in [2.75, 3.05) is 0 Å². The second-order valence-electron chi connectivity index (χ2n) is 3.27. The maximum absolute atomic E-state index is 10.6. The lowest BCUT2D eigenvalue weighted by molar-refractivity contribution is -0.112. The molecule has 0 saturated carbocycles. The van der Waals surface area contributed by atoms with Crippen LogP contribution in [0.15, 0.2) is 41.6 Å². The average molecular weight is 252 g/mol. The minimum Gasteiger partial charge on any atom is -0.507 e. The summed E-state index contributed by atoms with van der Waals surface area (Å²) in [5, 5.41) is 12.8. The largest absolute Gasteiger partial charge is 0.507 e. The van der Waals surface area contributed by atoms with Crippen molar-refractivity contribution in [1.29, 1.82) is 0 Å². The van der Waals surface area contributed by atoms with E-state index in [9.17, 15) is 14.8 Å². The van der Waals surface area contributed by atoms with Gasteiger partial charge in [0.2, 0.25) is 0 Å². The molecule has 17 heavy (non-hydrogen) atoms.